The van der Waals surface area contributed by atoms with Crippen molar-refractivity contribution in [3.05, 3.63) is 29.3 Å². The molecule has 1 aromatic rings. The van der Waals surface area contributed by atoms with Crippen LogP contribution in [0.3, 0.4) is 0 Å². The molecule has 0 aliphatic carbocycles. The van der Waals surface area contributed by atoms with Crippen molar-refractivity contribution in [3.8, 4) is 0 Å². The zero-order valence-corrected chi connectivity index (χ0v) is 15.0. The standard InChI is InChI=1S/C18H24ClN3O2/c1-20-9-7-15(8-10-20)21(2)18(24)13-11-17(23)22(12-13)16-5-3-14(19)4-6-16/h3-6,13,15H,7-12H2,1-2H3. The average molecular weight is 350 g/mol. The van der Waals surface area contributed by atoms with Crippen LogP contribution >= 0.6 is 11.6 Å². The minimum absolute atomic E-state index is 0.00690. The van der Waals surface area contributed by atoms with Crippen molar-refractivity contribution in [3.63, 3.8) is 0 Å². The van der Waals surface area contributed by atoms with Crippen molar-refractivity contribution in [2.45, 2.75) is 25.3 Å². The largest absolute Gasteiger partial charge is 0.342 e. The highest BCUT2D eigenvalue weighted by Gasteiger charge is 2.38. The summed E-state index contributed by atoms with van der Waals surface area (Å²) in [6.07, 6.45) is 2.29. The molecule has 3 rings (SSSR count). The highest BCUT2D eigenvalue weighted by Crippen LogP contribution is 2.28. The first-order valence-electron chi connectivity index (χ1n) is 8.47. The van der Waals surface area contributed by atoms with Crippen LogP contribution in [0.1, 0.15) is 19.3 Å². The molecule has 130 valence electrons. The van der Waals surface area contributed by atoms with Crippen LogP contribution in [0.2, 0.25) is 5.02 Å². The summed E-state index contributed by atoms with van der Waals surface area (Å²) in [4.78, 5) is 31.0. The van der Waals surface area contributed by atoms with Gasteiger partial charge in [0.2, 0.25) is 11.8 Å². The number of rotatable bonds is 3. The second kappa shape index (κ2) is 7.11. The van der Waals surface area contributed by atoms with Crippen molar-refractivity contribution < 1.29 is 9.59 Å². The fourth-order valence-electron chi connectivity index (χ4n) is 3.59. The summed E-state index contributed by atoms with van der Waals surface area (Å²) >= 11 is 5.90. The van der Waals surface area contributed by atoms with Crippen molar-refractivity contribution in [1.82, 2.24) is 9.80 Å². The van der Waals surface area contributed by atoms with Gasteiger partial charge >= 0.3 is 0 Å². The predicted molar refractivity (Wildman–Crippen MR) is 95.2 cm³/mol. The van der Waals surface area contributed by atoms with Gasteiger partial charge in [0.25, 0.3) is 0 Å². The van der Waals surface area contributed by atoms with Gasteiger partial charge in [-0.1, -0.05) is 11.6 Å². The van der Waals surface area contributed by atoms with Crippen LogP contribution in [-0.4, -0.2) is 61.4 Å². The molecule has 2 heterocycles. The first kappa shape index (κ1) is 17.2. The van der Waals surface area contributed by atoms with E-state index in [1.54, 1.807) is 17.0 Å². The normalized spacial score (nSPS) is 22.9. The zero-order valence-electron chi connectivity index (χ0n) is 14.2. The Balaban J connectivity index is 1.64. The number of nitrogens with zero attached hydrogens (tertiary/aromatic N) is 3. The Morgan fingerprint density at radius 1 is 1.21 bits per heavy atom. The van der Waals surface area contributed by atoms with Gasteiger partial charge in [0, 0.05) is 36.8 Å². The Labute approximate surface area is 148 Å². The number of halogens is 1. The maximum absolute atomic E-state index is 12.8. The monoisotopic (exact) mass is 349 g/mol. The molecule has 2 fully saturated rings. The van der Waals surface area contributed by atoms with E-state index >= 15 is 0 Å². The second-order valence-electron chi connectivity index (χ2n) is 6.87. The quantitative estimate of drug-likeness (QED) is 0.840. The molecule has 0 N–H and O–H groups in total. The van der Waals surface area contributed by atoms with E-state index in [9.17, 15) is 9.59 Å². The molecule has 1 unspecified atom stereocenters. The minimum atomic E-state index is -0.252. The molecule has 0 spiro atoms. The molecule has 0 aromatic heterocycles. The van der Waals surface area contributed by atoms with Crippen LogP contribution < -0.4 is 4.90 Å². The minimum Gasteiger partial charge on any atom is -0.342 e. The number of carbonyl (C=O) groups excluding carboxylic acids is 2. The summed E-state index contributed by atoms with van der Waals surface area (Å²) in [5.74, 6) is -0.153. The lowest BCUT2D eigenvalue weighted by Crippen LogP contribution is -2.46. The van der Waals surface area contributed by atoms with Crippen LogP contribution in [0.15, 0.2) is 24.3 Å². The van der Waals surface area contributed by atoms with E-state index in [1.807, 2.05) is 24.1 Å². The topological polar surface area (TPSA) is 43.9 Å². The van der Waals surface area contributed by atoms with Gasteiger partial charge < -0.3 is 14.7 Å². The van der Waals surface area contributed by atoms with E-state index in [0.29, 0.717) is 18.0 Å². The molecule has 1 atom stereocenters. The molecule has 0 bridgehead atoms. The van der Waals surface area contributed by atoms with Crippen LogP contribution in [0.25, 0.3) is 0 Å². The highest BCUT2D eigenvalue weighted by molar-refractivity contribution is 6.30. The first-order chi connectivity index (χ1) is 11.5. The number of hydrogen-bond donors (Lipinski definition) is 0. The summed E-state index contributed by atoms with van der Waals surface area (Å²) in [6.45, 7) is 2.49. The number of hydrogen-bond acceptors (Lipinski definition) is 3. The maximum atomic E-state index is 12.8. The fourth-order valence-corrected chi connectivity index (χ4v) is 3.72. The number of amides is 2. The van der Waals surface area contributed by atoms with Crippen molar-refractivity contribution >= 4 is 29.1 Å². The van der Waals surface area contributed by atoms with Gasteiger partial charge in [-0.25, -0.2) is 0 Å². The summed E-state index contributed by atoms with van der Waals surface area (Å²) < 4.78 is 0. The first-order valence-corrected chi connectivity index (χ1v) is 8.84. The van der Waals surface area contributed by atoms with Crippen LogP contribution in [-0.2, 0) is 9.59 Å². The lowest BCUT2D eigenvalue weighted by Gasteiger charge is -2.36. The summed E-state index contributed by atoms with van der Waals surface area (Å²) in [7, 11) is 3.99. The Hall–Kier alpha value is -1.59. The van der Waals surface area contributed by atoms with Gasteiger partial charge in [0.15, 0.2) is 0 Å². The molecule has 5 nitrogen and oxygen atoms in total. The van der Waals surface area contributed by atoms with Crippen molar-refractivity contribution in [2.24, 2.45) is 5.92 Å². The zero-order chi connectivity index (χ0) is 17.3. The van der Waals surface area contributed by atoms with E-state index in [-0.39, 0.29) is 23.8 Å². The van der Waals surface area contributed by atoms with Gasteiger partial charge in [0.05, 0.1) is 5.92 Å². The fraction of sp³-hybridized carbons (Fsp3) is 0.556. The molecule has 0 saturated carbocycles. The Bertz CT molecular complexity index is 611. The van der Waals surface area contributed by atoms with Crippen molar-refractivity contribution in [2.75, 3.05) is 38.6 Å². The molecular formula is C18H24ClN3O2. The lowest BCUT2D eigenvalue weighted by molar-refractivity contribution is -0.137. The second-order valence-corrected chi connectivity index (χ2v) is 7.30. The molecule has 2 amide bonds. The van der Waals surface area contributed by atoms with Crippen LogP contribution in [0.5, 0.6) is 0 Å². The van der Waals surface area contributed by atoms with Gasteiger partial charge in [-0.2, -0.15) is 0 Å². The number of benzene rings is 1. The van der Waals surface area contributed by atoms with Crippen molar-refractivity contribution in [1.29, 1.82) is 0 Å². The third kappa shape index (κ3) is 3.57. The van der Waals surface area contributed by atoms with Gasteiger partial charge in [-0.3, -0.25) is 9.59 Å². The average Bonchev–Trinajstić information content (AvgIpc) is 2.97. The van der Waals surface area contributed by atoms with Gasteiger partial charge in [0.1, 0.15) is 0 Å². The smallest absolute Gasteiger partial charge is 0.228 e. The molecule has 0 radical (unpaired) electrons. The summed E-state index contributed by atoms with van der Waals surface area (Å²) in [5, 5.41) is 0.639. The van der Waals surface area contributed by atoms with E-state index in [0.717, 1.165) is 31.6 Å². The third-order valence-electron chi connectivity index (χ3n) is 5.20. The third-order valence-corrected chi connectivity index (χ3v) is 5.45. The lowest BCUT2D eigenvalue weighted by atomic mass is 10.0. The Morgan fingerprint density at radius 2 is 1.83 bits per heavy atom. The molecule has 24 heavy (non-hydrogen) atoms. The molecule has 1 aromatic carbocycles. The van der Waals surface area contributed by atoms with Crippen LogP contribution in [0.4, 0.5) is 5.69 Å². The number of carbonyl (C=O) groups is 2. The van der Waals surface area contributed by atoms with Gasteiger partial charge in [-0.05, 0) is 57.2 Å². The van der Waals surface area contributed by atoms with Gasteiger partial charge in [-0.15, -0.1) is 0 Å². The molecule has 2 aliphatic heterocycles. The van der Waals surface area contributed by atoms with E-state index in [2.05, 4.69) is 11.9 Å². The van der Waals surface area contributed by atoms with E-state index in [1.165, 1.54) is 0 Å². The molecule has 2 saturated heterocycles. The molecular weight excluding hydrogens is 326 g/mol. The SMILES string of the molecule is CN1CCC(N(C)C(=O)C2CC(=O)N(c3ccc(Cl)cc3)C2)CC1. The maximum Gasteiger partial charge on any atom is 0.228 e. The number of anilines is 1. The predicted octanol–water partition coefficient (Wildman–Crippen LogP) is 2.25. The molecule has 2 aliphatic rings. The molecule has 6 heteroatoms. The number of likely N-dealkylation sites (tertiary alicyclic amines) is 1. The van der Waals surface area contributed by atoms with E-state index < -0.39 is 0 Å². The Kier molecular flexibility index (Phi) is 5.11. The highest BCUT2D eigenvalue weighted by atomic mass is 35.5. The number of piperidine rings is 1. The van der Waals surface area contributed by atoms with Crippen LogP contribution in [0, 0.1) is 5.92 Å². The summed E-state index contributed by atoms with van der Waals surface area (Å²) in [5.41, 5.74) is 0.807. The summed E-state index contributed by atoms with van der Waals surface area (Å²) in [6, 6.07) is 7.48. The van der Waals surface area contributed by atoms with E-state index in [4.69, 9.17) is 11.6 Å². The Morgan fingerprint density at radius 3 is 2.46 bits per heavy atom.